The molecule has 2 heterocycles. The fraction of sp³-hybridized carbons (Fsp3) is 0.438. The third-order valence-electron chi connectivity index (χ3n) is 4.05. The molecule has 122 valence electrons. The highest BCUT2D eigenvalue weighted by atomic mass is 19.1. The van der Waals surface area contributed by atoms with E-state index in [-0.39, 0.29) is 5.56 Å². The Kier molecular flexibility index (Phi) is 4.36. The zero-order valence-corrected chi connectivity index (χ0v) is 12.9. The summed E-state index contributed by atoms with van der Waals surface area (Å²) in [6.45, 7) is 2.60. The molecule has 2 aromatic rings. The molecule has 1 aliphatic heterocycles. The minimum Gasteiger partial charge on any atom is -0.342 e. The van der Waals surface area contributed by atoms with Crippen LogP contribution in [0.25, 0.3) is 0 Å². The summed E-state index contributed by atoms with van der Waals surface area (Å²) in [5.74, 6) is -0.602. The number of aryl methyl sites for hydroxylation is 1. The summed E-state index contributed by atoms with van der Waals surface area (Å²) in [5, 5.41) is 11.1. The molecule has 1 N–H and O–H groups in total. The fourth-order valence-electron chi connectivity index (χ4n) is 2.84. The Labute approximate surface area is 132 Å². The number of fused-ring (bicyclic) bond motifs is 1. The number of benzene rings is 1. The Morgan fingerprint density at radius 3 is 2.87 bits per heavy atom. The van der Waals surface area contributed by atoms with Gasteiger partial charge in [0.05, 0.1) is 11.6 Å². The van der Waals surface area contributed by atoms with Crippen LogP contribution >= 0.6 is 0 Å². The predicted molar refractivity (Wildman–Crippen MR) is 79.8 cm³/mol. The van der Waals surface area contributed by atoms with Crippen molar-refractivity contribution in [2.45, 2.75) is 45.2 Å². The number of hydrogen-bond donors (Lipinski definition) is 1. The number of nitrogens with one attached hydrogen (secondary N) is 1. The highest BCUT2D eigenvalue weighted by Gasteiger charge is 2.22. The highest BCUT2D eigenvalue weighted by Crippen LogP contribution is 2.19. The lowest BCUT2D eigenvalue weighted by Crippen LogP contribution is -2.29. The molecule has 0 unspecified atom stereocenters. The molecule has 0 saturated heterocycles. The number of aromatic nitrogens is 3. The van der Waals surface area contributed by atoms with E-state index in [1.54, 1.807) is 6.92 Å². The van der Waals surface area contributed by atoms with Crippen molar-refractivity contribution in [1.29, 1.82) is 0 Å². The zero-order chi connectivity index (χ0) is 16.4. The molecular formula is C16H18F2N4O. The molecule has 5 nitrogen and oxygen atoms in total. The van der Waals surface area contributed by atoms with E-state index in [1.165, 1.54) is 0 Å². The molecule has 23 heavy (non-hydrogen) atoms. The summed E-state index contributed by atoms with van der Waals surface area (Å²) in [4.78, 5) is 12.2. The molecular weight excluding hydrogens is 302 g/mol. The number of carbonyl (C=O) groups excluding carboxylic acids is 1. The van der Waals surface area contributed by atoms with Crippen molar-refractivity contribution in [3.63, 3.8) is 0 Å². The van der Waals surface area contributed by atoms with Gasteiger partial charge in [0.25, 0.3) is 5.91 Å². The van der Waals surface area contributed by atoms with Crippen LogP contribution in [0.15, 0.2) is 18.2 Å². The van der Waals surface area contributed by atoms with Crippen LogP contribution in [0.1, 0.15) is 54.2 Å². The van der Waals surface area contributed by atoms with Gasteiger partial charge in [-0.15, -0.1) is 10.2 Å². The lowest BCUT2D eigenvalue weighted by Gasteiger charge is -2.15. The summed E-state index contributed by atoms with van der Waals surface area (Å²) >= 11 is 0. The van der Waals surface area contributed by atoms with E-state index in [9.17, 15) is 13.6 Å². The fourth-order valence-corrected chi connectivity index (χ4v) is 2.84. The largest absolute Gasteiger partial charge is 0.342 e. The molecule has 0 radical (unpaired) electrons. The average Bonchev–Trinajstić information content (AvgIpc) is 2.76. The van der Waals surface area contributed by atoms with Crippen LogP contribution < -0.4 is 5.32 Å². The molecule has 0 spiro atoms. The van der Waals surface area contributed by atoms with Crippen molar-refractivity contribution in [3.05, 3.63) is 47.0 Å². The van der Waals surface area contributed by atoms with Crippen LogP contribution in [0.5, 0.6) is 0 Å². The minimum absolute atomic E-state index is 0.186. The van der Waals surface area contributed by atoms with E-state index in [0.29, 0.717) is 11.9 Å². The quantitative estimate of drug-likeness (QED) is 0.946. The Bertz CT molecular complexity index is 729. The van der Waals surface area contributed by atoms with Gasteiger partial charge in [-0.3, -0.25) is 4.79 Å². The molecule has 7 heteroatoms. The molecule has 1 aromatic carbocycles. The second kappa shape index (κ2) is 6.44. The molecule has 0 bridgehead atoms. The zero-order valence-electron chi connectivity index (χ0n) is 12.9. The lowest BCUT2D eigenvalue weighted by atomic mass is 10.1. The summed E-state index contributed by atoms with van der Waals surface area (Å²) in [6, 6.07) is 2.48. The summed E-state index contributed by atoms with van der Waals surface area (Å²) < 4.78 is 28.6. The van der Waals surface area contributed by atoms with Crippen LogP contribution in [0.2, 0.25) is 0 Å². The second-order valence-corrected chi connectivity index (χ2v) is 5.76. The molecule has 1 amide bonds. The van der Waals surface area contributed by atoms with Crippen LogP contribution in [0, 0.1) is 11.6 Å². The normalized spacial score (nSPS) is 15.6. The lowest BCUT2D eigenvalue weighted by molar-refractivity contribution is 0.0933. The van der Waals surface area contributed by atoms with Crippen molar-refractivity contribution in [1.82, 2.24) is 20.1 Å². The van der Waals surface area contributed by atoms with Crippen LogP contribution in [-0.2, 0) is 13.0 Å². The Balaban J connectivity index is 1.78. The summed E-state index contributed by atoms with van der Waals surface area (Å²) in [7, 11) is 0. The van der Waals surface area contributed by atoms with E-state index >= 15 is 0 Å². The van der Waals surface area contributed by atoms with Gasteiger partial charge >= 0.3 is 0 Å². The van der Waals surface area contributed by atoms with Crippen molar-refractivity contribution in [2.75, 3.05) is 0 Å². The van der Waals surface area contributed by atoms with Gasteiger partial charge in [-0.2, -0.15) is 0 Å². The van der Waals surface area contributed by atoms with E-state index < -0.39 is 23.6 Å². The van der Waals surface area contributed by atoms with E-state index in [1.807, 2.05) is 4.57 Å². The first-order chi connectivity index (χ1) is 11.1. The molecule has 0 fully saturated rings. The highest BCUT2D eigenvalue weighted by molar-refractivity contribution is 5.94. The Hall–Kier alpha value is -2.31. The maximum absolute atomic E-state index is 13.7. The second-order valence-electron chi connectivity index (χ2n) is 5.76. The first kappa shape index (κ1) is 15.6. The molecule has 0 saturated carbocycles. The number of nitrogens with zero attached hydrogens (tertiary/aromatic N) is 3. The predicted octanol–water partition coefficient (Wildman–Crippen LogP) is 2.77. The summed E-state index contributed by atoms with van der Waals surface area (Å²) in [5.41, 5.74) is -0.186. The maximum atomic E-state index is 13.7. The topological polar surface area (TPSA) is 59.8 Å². The van der Waals surface area contributed by atoms with Gasteiger partial charge in [-0.25, -0.2) is 8.78 Å². The number of rotatable bonds is 3. The van der Waals surface area contributed by atoms with Gasteiger partial charge < -0.3 is 9.88 Å². The average molecular weight is 320 g/mol. The molecule has 1 atom stereocenters. The first-order valence-electron chi connectivity index (χ1n) is 7.74. The van der Waals surface area contributed by atoms with E-state index in [0.717, 1.165) is 50.2 Å². The Morgan fingerprint density at radius 2 is 2.09 bits per heavy atom. The van der Waals surface area contributed by atoms with Gasteiger partial charge in [-0.05, 0) is 31.9 Å². The third-order valence-corrected chi connectivity index (χ3v) is 4.05. The first-order valence-corrected chi connectivity index (χ1v) is 7.74. The van der Waals surface area contributed by atoms with Gasteiger partial charge in [0, 0.05) is 19.0 Å². The summed E-state index contributed by atoms with van der Waals surface area (Å²) in [6.07, 6.45) is 4.15. The number of amides is 1. The van der Waals surface area contributed by atoms with Gasteiger partial charge in [0.2, 0.25) is 0 Å². The number of hydrogen-bond acceptors (Lipinski definition) is 3. The van der Waals surface area contributed by atoms with Crippen molar-refractivity contribution in [2.24, 2.45) is 0 Å². The van der Waals surface area contributed by atoms with Crippen molar-refractivity contribution >= 4 is 5.91 Å². The van der Waals surface area contributed by atoms with Crippen LogP contribution in [0.3, 0.4) is 0 Å². The van der Waals surface area contributed by atoms with Crippen LogP contribution in [-0.4, -0.2) is 20.7 Å². The SMILES string of the molecule is C[C@H](NC(=O)c1ccc(F)cc1F)c1nnc2n1CCCCC2. The monoisotopic (exact) mass is 320 g/mol. The standard InChI is InChI=1S/C16H18F2N4O/c1-10(15-21-20-14-5-3-2-4-8-22(14)15)19-16(23)12-7-6-11(17)9-13(12)18/h6-7,9-10H,2-5,8H2,1H3,(H,19,23)/t10-/m0/s1. The number of halogens is 2. The van der Waals surface area contributed by atoms with E-state index in [4.69, 9.17) is 0 Å². The van der Waals surface area contributed by atoms with E-state index in [2.05, 4.69) is 15.5 Å². The molecule has 1 aromatic heterocycles. The van der Waals surface area contributed by atoms with Gasteiger partial charge in [0.1, 0.15) is 17.5 Å². The van der Waals surface area contributed by atoms with Crippen molar-refractivity contribution in [3.8, 4) is 0 Å². The Morgan fingerprint density at radius 1 is 1.26 bits per heavy atom. The molecule has 0 aliphatic carbocycles. The third kappa shape index (κ3) is 3.23. The van der Waals surface area contributed by atoms with Gasteiger partial charge in [-0.1, -0.05) is 6.42 Å². The minimum atomic E-state index is -0.880. The number of carbonyl (C=O) groups is 1. The molecule has 1 aliphatic rings. The van der Waals surface area contributed by atoms with Crippen LogP contribution in [0.4, 0.5) is 8.78 Å². The maximum Gasteiger partial charge on any atom is 0.254 e. The van der Waals surface area contributed by atoms with Crippen molar-refractivity contribution < 1.29 is 13.6 Å². The smallest absolute Gasteiger partial charge is 0.254 e. The molecule has 3 rings (SSSR count). The van der Waals surface area contributed by atoms with Gasteiger partial charge in [0.15, 0.2) is 5.82 Å².